The van der Waals surface area contributed by atoms with Crippen LogP contribution in [0.15, 0.2) is 0 Å². The van der Waals surface area contributed by atoms with Gasteiger partial charge in [0.1, 0.15) is 0 Å². The van der Waals surface area contributed by atoms with Crippen molar-refractivity contribution in [2.45, 2.75) is 13.3 Å². The molecular formula is C10H18N4O4. The zero-order valence-electron chi connectivity index (χ0n) is 10.5. The number of aliphatic hydroxyl groups excluding tert-OH is 1. The molecule has 102 valence electrons. The van der Waals surface area contributed by atoms with E-state index in [1.165, 1.54) is 0 Å². The van der Waals surface area contributed by atoms with Crippen molar-refractivity contribution in [1.29, 1.82) is 0 Å². The van der Waals surface area contributed by atoms with Gasteiger partial charge < -0.3 is 25.3 Å². The number of ether oxygens (including phenoxy) is 1. The van der Waals surface area contributed by atoms with Crippen LogP contribution < -0.4 is 5.32 Å². The Morgan fingerprint density at radius 3 is 2.89 bits per heavy atom. The molecule has 1 rings (SSSR count). The molecule has 0 unspecified atom stereocenters. The highest BCUT2D eigenvalue weighted by molar-refractivity contribution is 5.53. The van der Waals surface area contributed by atoms with Gasteiger partial charge in [0.05, 0.1) is 13.2 Å². The van der Waals surface area contributed by atoms with E-state index >= 15 is 0 Å². The van der Waals surface area contributed by atoms with E-state index in [1.54, 1.807) is 18.5 Å². The lowest BCUT2D eigenvalue weighted by Gasteiger charge is -2.06. The number of nitrogens with one attached hydrogen (secondary N) is 1. The predicted molar refractivity (Wildman–Crippen MR) is 65.6 cm³/mol. The van der Waals surface area contributed by atoms with Gasteiger partial charge in [-0.2, -0.15) is 0 Å². The first-order valence-corrected chi connectivity index (χ1v) is 5.68. The molecular weight excluding hydrogens is 240 g/mol. The van der Waals surface area contributed by atoms with E-state index in [1.807, 2.05) is 0 Å². The summed E-state index contributed by atoms with van der Waals surface area (Å²) >= 11 is 0. The van der Waals surface area contributed by atoms with Crippen molar-refractivity contribution in [2.24, 2.45) is 7.05 Å². The van der Waals surface area contributed by atoms with Crippen LogP contribution in [0.5, 0.6) is 0 Å². The average molecular weight is 258 g/mol. The molecule has 0 spiro atoms. The Morgan fingerprint density at radius 1 is 1.56 bits per heavy atom. The molecule has 1 heterocycles. The summed E-state index contributed by atoms with van der Waals surface area (Å²) in [6.07, 6.45) is 0.696. The molecule has 0 saturated carbocycles. The quantitative estimate of drug-likeness (QED) is 0.398. The first kappa shape index (κ1) is 14.4. The Kier molecular flexibility index (Phi) is 5.53. The molecule has 0 fully saturated rings. The summed E-state index contributed by atoms with van der Waals surface area (Å²) in [7, 11) is 1.72. The number of anilines is 1. The number of aliphatic hydroxyl groups is 1. The van der Waals surface area contributed by atoms with E-state index in [4.69, 9.17) is 9.84 Å². The molecule has 1 aromatic rings. The van der Waals surface area contributed by atoms with Crippen LogP contribution >= 0.6 is 0 Å². The van der Waals surface area contributed by atoms with Crippen LogP contribution in [-0.4, -0.2) is 45.9 Å². The molecule has 0 aliphatic heterocycles. The molecule has 18 heavy (non-hydrogen) atoms. The maximum absolute atomic E-state index is 10.8. The maximum Gasteiger partial charge on any atom is 0.406 e. The fraction of sp³-hybridized carbons (Fsp3) is 0.700. The Morgan fingerprint density at radius 2 is 2.28 bits per heavy atom. The molecule has 0 aromatic carbocycles. The van der Waals surface area contributed by atoms with Gasteiger partial charge in [-0.25, -0.2) is 0 Å². The van der Waals surface area contributed by atoms with Gasteiger partial charge in [0.15, 0.2) is 0 Å². The predicted octanol–water partition coefficient (Wildman–Crippen LogP) is 0.448. The van der Waals surface area contributed by atoms with E-state index in [0.717, 1.165) is 0 Å². The summed E-state index contributed by atoms with van der Waals surface area (Å²) in [5.74, 6) is 0.826. The fourth-order valence-electron chi connectivity index (χ4n) is 1.47. The number of aromatic nitrogens is 2. The van der Waals surface area contributed by atoms with E-state index in [2.05, 4.69) is 10.3 Å². The summed E-state index contributed by atoms with van der Waals surface area (Å²) in [6, 6.07) is 0. The van der Waals surface area contributed by atoms with Crippen molar-refractivity contribution in [3.63, 3.8) is 0 Å². The first-order chi connectivity index (χ1) is 8.57. The van der Waals surface area contributed by atoms with Gasteiger partial charge in [-0.05, 0) is 16.3 Å². The van der Waals surface area contributed by atoms with Crippen molar-refractivity contribution >= 4 is 11.6 Å². The second kappa shape index (κ2) is 6.92. The molecule has 0 atom stereocenters. The molecule has 0 aliphatic rings. The molecule has 0 bridgehead atoms. The van der Waals surface area contributed by atoms with Gasteiger partial charge in [0.2, 0.25) is 11.6 Å². The molecule has 0 saturated heterocycles. The van der Waals surface area contributed by atoms with E-state index < -0.39 is 4.92 Å². The molecule has 0 radical (unpaired) electrons. The van der Waals surface area contributed by atoms with Gasteiger partial charge in [0.25, 0.3) is 0 Å². The number of imidazole rings is 1. The van der Waals surface area contributed by atoms with Crippen LogP contribution in [0.3, 0.4) is 0 Å². The zero-order valence-corrected chi connectivity index (χ0v) is 10.5. The zero-order chi connectivity index (χ0) is 13.5. The normalized spacial score (nSPS) is 10.6. The maximum atomic E-state index is 10.8. The molecule has 2 N–H and O–H groups in total. The third-order valence-electron chi connectivity index (χ3n) is 2.47. The smallest absolute Gasteiger partial charge is 0.394 e. The van der Waals surface area contributed by atoms with E-state index in [-0.39, 0.29) is 12.4 Å². The number of aryl methyl sites for hydroxylation is 1. The molecule has 8 nitrogen and oxygen atoms in total. The number of nitro groups is 1. The lowest BCUT2D eigenvalue weighted by Crippen LogP contribution is -2.11. The summed E-state index contributed by atoms with van der Waals surface area (Å²) < 4.78 is 6.73. The Hall–Kier alpha value is -1.67. The van der Waals surface area contributed by atoms with Crippen LogP contribution in [0.2, 0.25) is 0 Å². The Labute approximate surface area is 105 Å². The SMILES string of the molecule is Cc1nc([N+](=O)[O-])c(NCCCOCCO)n1C. The standard InChI is InChI=1S/C10H18N4O4/c1-8-12-10(14(16)17)9(13(8)2)11-4-3-6-18-7-5-15/h11,15H,3-7H2,1-2H3. The number of nitrogens with zero attached hydrogens (tertiary/aromatic N) is 3. The van der Waals surface area contributed by atoms with Crippen LogP contribution in [0.25, 0.3) is 0 Å². The summed E-state index contributed by atoms with van der Waals surface area (Å²) in [5, 5.41) is 22.3. The van der Waals surface area contributed by atoms with Crippen molar-refractivity contribution in [2.75, 3.05) is 31.7 Å². The minimum atomic E-state index is -0.502. The number of rotatable bonds is 8. The second-order valence-corrected chi connectivity index (χ2v) is 3.76. The fourth-order valence-corrected chi connectivity index (χ4v) is 1.47. The highest BCUT2D eigenvalue weighted by Crippen LogP contribution is 2.23. The number of hydrogen-bond donors (Lipinski definition) is 2. The van der Waals surface area contributed by atoms with Gasteiger partial charge in [-0.3, -0.25) is 4.57 Å². The van der Waals surface area contributed by atoms with Crippen LogP contribution in [-0.2, 0) is 11.8 Å². The number of hydrogen-bond acceptors (Lipinski definition) is 6. The van der Waals surface area contributed by atoms with Gasteiger partial charge in [0, 0.05) is 27.1 Å². The lowest BCUT2D eigenvalue weighted by atomic mass is 10.4. The largest absolute Gasteiger partial charge is 0.406 e. The molecule has 8 heteroatoms. The molecule has 0 amide bonds. The van der Waals surface area contributed by atoms with Crippen molar-refractivity contribution in [1.82, 2.24) is 9.55 Å². The van der Waals surface area contributed by atoms with Gasteiger partial charge in [-0.15, -0.1) is 0 Å². The third-order valence-corrected chi connectivity index (χ3v) is 2.47. The lowest BCUT2D eigenvalue weighted by molar-refractivity contribution is -0.388. The van der Waals surface area contributed by atoms with Crippen molar-refractivity contribution < 1.29 is 14.8 Å². The molecule has 1 aromatic heterocycles. The van der Waals surface area contributed by atoms with Crippen molar-refractivity contribution in [3.05, 3.63) is 15.9 Å². The summed E-state index contributed by atoms with van der Waals surface area (Å²) in [4.78, 5) is 14.2. The third kappa shape index (κ3) is 3.67. The average Bonchev–Trinajstić information content (AvgIpc) is 2.61. The second-order valence-electron chi connectivity index (χ2n) is 3.76. The summed E-state index contributed by atoms with van der Waals surface area (Å²) in [6.45, 7) is 3.07. The van der Waals surface area contributed by atoms with Crippen LogP contribution in [0.4, 0.5) is 11.6 Å². The minimum absolute atomic E-state index is 0.000173. The van der Waals surface area contributed by atoms with Gasteiger partial charge in [-0.1, -0.05) is 0 Å². The highest BCUT2D eigenvalue weighted by Gasteiger charge is 2.22. The topological polar surface area (TPSA) is 102 Å². The van der Waals surface area contributed by atoms with E-state index in [9.17, 15) is 10.1 Å². The van der Waals surface area contributed by atoms with Crippen LogP contribution in [0, 0.1) is 17.0 Å². The Balaban J connectivity index is 2.48. The Bertz CT molecular complexity index is 405. The van der Waals surface area contributed by atoms with Crippen molar-refractivity contribution in [3.8, 4) is 0 Å². The monoisotopic (exact) mass is 258 g/mol. The summed E-state index contributed by atoms with van der Waals surface area (Å²) in [5.41, 5.74) is 0. The molecule has 0 aliphatic carbocycles. The minimum Gasteiger partial charge on any atom is -0.394 e. The van der Waals surface area contributed by atoms with E-state index in [0.29, 0.717) is 37.8 Å². The van der Waals surface area contributed by atoms with Crippen LogP contribution in [0.1, 0.15) is 12.2 Å². The highest BCUT2D eigenvalue weighted by atomic mass is 16.6. The van der Waals surface area contributed by atoms with Gasteiger partial charge >= 0.3 is 5.82 Å². The first-order valence-electron chi connectivity index (χ1n) is 5.68.